The van der Waals surface area contributed by atoms with E-state index in [0.717, 1.165) is 23.0 Å². The summed E-state index contributed by atoms with van der Waals surface area (Å²) in [6.45, 7) is 2.15. The molecule has 2 aromatic rings. The molecule has 0 amide bonds. The smallest absolute Gasteiger partial charge is 0.417 e. The highest BCUT2D eigenvalue weighted by molar-refractivity contribution is 9.10. The molecule has 0 aromatic carbocycles. The van der Waals surface area contributed by atoms with Crippen LogP contribution in [-0.4, -0.2) is 33.3 Å². The molecule has 0 bridgehead atoms. The zero-order chi connectivity index (χ0) is 18.4. The Morgan fingerprint density at radius 1 is 1.44 bits per heavy atom. The van der Waals surface area contributed by atoms with Crippen LogP contribution >= 0.6 is 15.9 Å². The summed E-state index contributed by atoms with van der Waals surface area (Å²) in [4.78, 5) is 25.6. The highest BCUT2D eigenvalue weighted by atomic mass is 79.9. The van der Waals surface area contributed by atoms with E-state index in [1.807, 2.05) is 6.07 Å². The zero-order valence-electron chi connectivity index (χ0n) is 13.6. The molecular weight excluding hydrogens is 390 g/mol. The van der Waals surface area contributed by atoms with Gasteiger partial charge in [0.25, 0.3) is 0 Å². The van der Waals surface area contributed by atoms with Gasteiger partial charge in [-0.25, -0.2) is 19.1 Å². The number of carbonyl (C=O) groups excluding carboxylic acids is 1. The molecule has 1 aliphatic carbocycles. The van der Waals surface area contributed by atoms with E-state index in [1.165, 1.54) is 6.20 Å². The number of carbonyl (C=O) groups is 2. The minimum Gasteiger partial charge on any atom is -0.464 e. The number of aromatic nitrogens is 2. The molecule has 0 saturated heterocycles. The van der Waals surface area contributed by atoms with Crippen molar-refractivity contribution in [3.8, 4) is 0 Å². The van der Waals surface area contributed by atoms with Crippen molar-refractivity contribution in [1.82, 2.24) is 9.55 Å². The van der Waals surface area contributed by atoms with E-state index in [-0.39, 0.29) is 11.5 Å². The van der Waals surface area contributed by atoms with Crippen LogP contribution in [0, 0.1) is 5.41 Å². The third-order valence-electron chi connectivity index (χ3n) is 3.44. The van der Waals surface area contributed by atoms with Crippen LogP contribution in [0.5, 0.6) is 0 Å². The van der Waals surface area contributed by atoms with Crippen molar-refractivity contribution in [2.24, 2.45) is 0 Å². The van der Waals surface area contributed by atoms with Gasteiger partial charge in [-0.15, -0.1) is 0 Å². The molecule has 1 saturated carbocycles. The maximum absolute atomic E-state index is 11.0. The van der Waals surface area contributed by atoms with E-state index in [0.29, 0.717) is 22.7 Å². The number of hydrogen-bond acceptors (Lipinski definition) is 5. The van der Waals surface area contributed by atoms with Gasteiger partial charge in [-0.3, -0.25) is 5.41 Å². The Bertz CT molecular complexity index is 816. The second-order valence-electron chi connectivity index (χ2n) is 5.33. The van der Waals surface area contributed by atoms with Crippen LogP contribution in [-0.2, 0) is 4.74 Å². The Kier molecular flexibility index (Phi) is 6.46. The van der Waals surface area contributed by atoms with E-state index in [9.17, 15) is 9.59 Å². The molecule has 0 radical (unpaired) electrons. The number of esters is 1. The van der Waals surface area contributed by atoms with Crippen LogP contribution in [0.1, 0.15) is 41.7 Å². The van der Waals surface area contributed by atoms with Gasteiger partial charge in [-0.1, -0.05) is 6.07 Å². The van der Waals surface area contributed by atoms with E-state index < -0.39 is 6.09 Å². The minimum atomic E-state index is -1.11. The first-order valence-electron chi connectivity index (χ1n) is 7.72. The van der Waals surface area contributed by atoms with Crippen LogP contribution < -0.4 is 5.49 Å². The Hall–Kier alpha value is -2.48. The largest absolute Gasteiger partial charge is 0.464 e. The fourth-order valence-corrected chi connectivity index (χ4v) is 2.52. The molecule has 8 heteroatoms. The Labute approximate surface area is 152 Å². The first kappa shape index (κ1) is 18.9. The fourth-order valence-electron chi connectivity index (χ4n) is 2.06. The van der Waals surface area contributed by atoms with E-state index in [1.54, 1.807) is 31.3 Å². The molecule has 2 aromatic heterocycles. The number of rotatable bonds is 3. The van der Waals surface area contributed by atoms with Crippen LogP contribution in [0.3, 0.4) is 0 Å². The lowest BCUT2D eigenvalue weighted by Crippen LogP contribution is -2.26. The first-order valence-corrected chi connectivity index (χ1v) is 8.51. The molecule has 2 heterocycles. The maximum atomic E-state index is 11.0. The summed E-state index contributed by atoms with van der Waals surface area (Å²) in [6, 6.07) is 6.96. The maximum Gasteiger partial charge on any atom is 0.417 e. The number of nitrogens with zero attached hydrogens (tertiary/aromatic N) is 2. The van der Waals surface area contributed by atoms with E-state index in [2.05, 4.69) is 20.9 Å². The summed E-state index contributed by atoms with van der Waals surface area (Å²) >= 11 is 3.19. The predicted molar refractivity (Wildman–Crippen MR) is 93.6 cm³/mol. The summed E-state index contributed by atoms with van der Waals surface area (Å²) in [5, 5.41) is 16.4. The van der Waals surface area contributed by atoms with E-state index >= 15 is 0 Å². The van der Waals surface area contributed by atoms with Crippen molar-refractivity contribution >= 4 is 28.0 Å². The van der Waals surface area contributed by atoms with Gasteiger partial charge in [0.1, 0.15) is 11.2 Å². The lowest BCUT2D eigenvalue weighted by atomic mass is 10.2. The fraction of sp³-hybridized carbons (Fsp3) is 0.294. The second-order valence-corrected chi connectivity index (χ2v) is 6.19. The van der Waals surface area contributed by atoms with Crippen molar-refractivity contribution in [2.75, 3.05) is 6.61 Å². The summed E-state index contributed by atoms with van der Waals surface area (Å²) < 4.78 is 6.20. The normalized spacial score (nSPS) is 12.7. The topological polar surface area (TPSA) is 105 Å². The number of carboxylic acid groups (broad SMARTS) is 1. The Balaban J connectivity index is 0.000000186. The Morgan fingerprint density at radius 2 is 2.16 bits per heavy atom. The minimum absolute atomic E-state index is 0.0260. The van der Waals surface area contributed by atoms with Gasteiger partial charge in [-0.05, 0) is 65.4 Å². The van der Waals surface area contributed by atoms with Crippen LogP contribution in [0.4, 0.5) is 4.79 Å². The standard InChI is InChI=1S/C9H9BrN2O2.C8H9NO2/c10-7-3-6(5-1-2-5)4-12(8(7)11)9(13)14;1-2-11-8(10)7-5-3-4-6-9-7/h3-5,11H,1-2H2,(H,13,14);3-6H,2H2,1H3. The molecule has 0 aliphatic heterocycles. The third kappa shape index (κ3) is 5.25. The van der Waals surface area contributed by atoms with E-state index in [4.69, 9.17) is 15.3 Å². The van der Waals surface area contributed by atoms with Crippen LogP contribution in [0.2, 0.25) is 0 Å². The number of halogens is 1. The molecule has 25 heavy (non-hydrogen) atoms. The SMILES string of the molecule is CCOC(=O)c1ccccn1.N=c1c(Br)cc(C2CC2)cn1C(=O)O. The highest BCUT2D eigenvalue weighted by Gasteiger charge is 2.25. The van der Waals surface area contributed by atoms with Crippen molar-refractivity contribution < 1.29 is 19.4 Å². The molecule has 1 aliphatic rings. The predicted octanol–water partition coefficient (Wildman–Crippen LogP) is 3.39. The quantitative estimate of drug-likeness (QED) is 0.758. The molecule has 0 spiro atoms. The molecule has 0 atom stereocenters. The molecular formula is C17H18BrN3O4. The molecule has 132 valence electrons. The number of hydrogen-bond donors (Lipinski definition) is 2. The average Bonchev–Trinajstić information content (AvgIpc) is 3.43. The Morgan fingerprint density at radius 3 is 2.68 bits per heavy atom. The second kappa shape index (κ2) is 8.57. The summed E-state index contributed by atoms with van der Waals surface area (Å²) in [5.74, 6) is 0.116. The van der Waals surface area contributed by atoms with Gasteiger partial charge < -0.3 is 9.84 Å². The highest BCUT2D eigenvalue weighted by Crippen LogP contribution is 2.40. The van der Waals surface area contributed by atoms with Gasteiger partial charge in [0.05, 0.1) is 11.1 Å². The van der Waals surface area contributed by atoms with Crippen molar-refractivity contribution in [2.45, 2.75) is 25.7 Å². The number of nitrogens with one attached hydrogen (secondary N) is 1. The lowest BCUT2D eigenvalue weighted by Gasteiger charge is -2.05. The molecule has 0 unspecified atom stereocenters. The number of ether oxygens (including phenoxy) is 1. The monoisotopic (exact) mass is 407 g/mol. The van der Waals surface area contributed by atoms with Crippen LogP contribution in [0.15, 0.2) is 41.1 Å². The first-order chi connectivity index (χ1) is 11.9. The summed E-state index contributed by atoms with van der Waals surface area (Å²) in [6.07, 6.45) is 4.21. The summed E-state index contributed by atoms with van der Waals surface area (Å²) in [5.41, 5.74) is 1.33. The van der Waals surface area contributed by atoms with Crippen LogP contribution in [0.25, 0.3) is 0 Å². The van der Waals surface area contributed by atoms with Crippen molar-refractivity contribution in [3.05, 3.63) is 57.9 Å². The van der Waals surface area contributed by atoms with Gasteiger partial charge in [0, 0.05) is 12.4 Å². The van der Waals surface area contributed by atoms with Gasteiger partial charge in [0.2, 0.25) is 0 Å². The van der Waals surface area contributed by atoms with Gasteiger partial charge in [0.15, 0.2) is 0 Å². The zero-order valence-corrected chi connectivity index (χ0v) is 15.2. The number of pyridine rings is 2. The third-order valence-corrected chi connectivity index (χ3v) is 4.05. The molecule has 3 rings (SSSR count). The lowest BCUT2D eigenvalue weighted by molar-refractivity contribution is 0.0519. The molecule has 1 fully saturated rings. The van der Waals surface area contributed by atoms with Crippen molar-refractivity contribution in [3.63, 3.8) is 0 Å². The molecule has 2 N–H and O–H groups in total. The van der Waals surface area contributed by atoms with Crippen molar-refractivity contribution in [1.29, 1.82) is 5.41 Å². The summed E-state index contributed by atoms with van der Waals surface area (Å²) in [7, 11) is 0. The molecule has 7 nitrogen and oxygen atoms in total. The van der Waals surface area contributed by atoms with Gasteiger partial charge in [-0.2, -0.15) is 0 Å². The van der Waals surface area contributed by atoms with Gasteiger partial charge >= 0.3 is 12.1 Å². The average molecular weight is 408 g/mol.